The third kappa shape index (κ3) is 3.16. The van der Waals surface area contributed by atoms with Crippen molar-refractivity contribution in [1.29, 1.82) is 0 Å². The minimum Gasteiger partial charge on any atom is -0.276 e. The Kier molecular flexibility index (Phi) is 4.11. The standard InChI is InChI=1S/C17H18N4O2S/c1-12-6-8-15(9-7-12)24(22,23)20-16-5-4-10-18-17(16)21-14(3)11-13(2)19-21/h4-11,20H,1-3H3. The molecule has 0 aliphatic rings. The average molecular weight is 342 g/mol. The lowest BCUT2D eigenvalue weighted by molar-refractivity contribution is 0.601. The fourth-order valence-corrected chi connectivity index (χ4v) is 3.47. The first kappa shape index (κ1) is 16.2. The Labute approximate surface area is 141 Å². The highest BCUT2D eigenvalue weighted by atomic mass is 32.2. The van der Waals surface area contributed by atoms with Crippen molar-refractivity contribution in [3.63, 3.8) is 0 Å². The number of rotatable bonds is 4. The fraction of sp³-hybridized carbons (Fsp3) is 0.176. The van der Waals surface area contributed by atoms with Crippen LogP contribution in [0.5, 0.6) is 0 Å². The first-order valence-electron chi connectivity index (χ1n) is 7.45. The van der Waals surface area contributed by atoms with E-state index in [2.05, 4.69) is 14.8 Å². The van der Waals surface area contributed by atoms with E-state index in [-0.39, 0.29) is 4.90 Å². The lowest BCUT2D eigenvalue weighted by Gasteiger charge is -2.12. The molecule has 0 atom stereocenters. The highest BCUT2D eigenvalue weighted by Crippen LogP contribution is 2.22. The van der Waals surface area contributed by atoms with Crippen molar-refractivity contribution in [2.24, 2.45) is 0 Å². The van der Waals surface area contributed by atoms with Gasteiger partial charge in [0, 0.05) is 11.9 Å². The van der Waals surface area contributed by atoms with Crippen molar-refractivity contribution >= 4 is 15.7 Å². The van der Waals surface area contributed by atoms with Crippen molar-refractivity contribution in [2.75, 3.05) is 4.72 Å². The number of sulfonamides is 1. The van der Waals surface area contributed by atoms with Gasteiger partial charge in [0.15, 0.2) is 5.82 Å². The second-order valence-electron chi connectivity index (χ2n) is 5.63. The summed E-state index contributed by atoms with van der Waals surface area (Å²) in [5.41, 5.74) is 3.09. The van der Waals surface area contributed by atoms with Gasteiger partial charge in [0.25, 0.3) is 10.0 Å². The molecule has 6 nitrogen and oxygen atoms in total. The van der Waals surface area contributed by atoms with Crippen LogP contribution in [0.2, 0.25) is 0 Å². The Morgan fingerprint density at radius 1 is 1.04 bits per heavy atom. The minimum absolute atomic E-state index is 0.205. The first-order valence-corrected chi connectivity index (χ1v) is 8.93. The van der Waals surface area contributed by atoms with Crippen LogP contribution in [0.1, 0.15) is 17.0 Å². The number of hydrogen-bond donors (Lipinski definition) is 1. The van der Waals surface area contributed by atoms with Gasteiger partial charge in [-0.1, -0.05) is 17.7 Å². The number of nitrogens with zero attached hydrogens (tertiary/aromatic N) is 3. The summed E-state index contributed by atoms with van der Waals surface area (Å²) in [4.78, 5) is 4.49. The number of aryl methyl sites for hydroxylation is 3. The zero-order valence-electron chi connectivity index (χ0n) is 13.7. The molecule has 24 heavy (non-hydrogen) atoms. The summed E-state index contributed by atoms with van der Waals surface area (Å²) in [5, 5.41) is 4.37. The molecule has 3 rings (SSSR count). The average Bonchev–Trinajstić information content (AvgIpc) is 2.86. The van der Waals surface area contributed by atoms with Crippen LogP contribution in [-0.4, -0.2) is 23.2 Å². The van der Waals surface area contributed by atoms with Gasteiger partial charge in [0.2, 0.25) is 0 Å². The van der Waals surface area contributed by atoms with E-state index < -0.39 is 10.0 Å². The Morgan fingerprint density at radius 3 is 2.38 bits per heavy atom. The van der Waals surface area contributed by atoms with Gasteiger partial charge in [-0.3, -0.25) is 4.72 Å². The number of hydrogen-bond acceptors (Lipinski definition) is 4. The topological polar surface area (TPSA) is 76.9 Å². The Balaban J connectivity index is 2.02. The van der Waals surface area contributed by atoms with Gasteiger partial charge in [-0.05, 0) is 51.1 Å². The molecule has 0 radical (unpaired) electrons. The second kappa shape index (κ2) is 6.09. The third-order valence-corrected chi connectivity index (χ3v) is 4.95. The molecule has 2 aromatic heterocycles. The second-order valence-corrected chi connectivity index (χ2v) is 7.31. The van der Waals surface area contributed by atoms with Crippen LogP contribution in [-0.2, 0) is 10.0 Å². The van der Waals surface area contributed by atoms with Gasteiger partial charge in [0.05, 0.1) is 16.3 Å². The molecule has 0 unspecified atom stereocenters. The molecule has 0 amide bonds. The van der Waals surface area contributed by atoms with E-state index in [9.17, 15) is 8.42 Å². The lowest BCUT2D eigenvalue weighted by atomic mass is 10.2. The zero-order chi connectivity index (χ0) is 17.3. The molecule has 0 saturated carbocycles. The van der Waals surface area contributed by atoms with Crippen molar-refractivity contribution in [3.8, 4) is 5.82 Å². The summed E-state index contributed by atoms with van der Waals surface area (Å²) in [6.07, 6.45) is 1.61. The van der Waals surface area contributed by atoms with Crippen molar-refractivity contribution in [2.45, 2.75) is 25.7 Å². The highest BCUT2D eigenvalue weighted by molar-refractivity contribution is 7.92. The van der Waals surface area contributed by atoms with Gasteiger partial charge in [0.1, 0.15) is 0 Å². The maximum atomic E-state index is 12.6. The van der Waals surface area contributed by atoms with Crippen LogP contribution >= 0.6 is 0 Å². The summed E-state index contributed by atoms with van der Waals surface area (Å²) in [6.45, 7) is 5.68. The Bertz CT molecular complexity index is 976. The van der Waals surface area contributed by atoms with Gasteiger partial charge in [-0.2, -0.15) is 5.10 Å². The van der Waals surface area contributed by atoms with E-state index in [1.807, 2.05) is 26.8 Å². The van der Waals surface area contributed by atoms with Crippen LogP contribution in [0.25, 0.3) is 5.82 Å². The maximum absolute atomic E-state index is 12.6. The first-order chi connectivity index (χ1) is 11.4. The summed E-state index contributed by atoms with van der Waals surface area (Å²) in [5.74, 6) is 0.443. The molecule has 1 aromatic carbocycles. The molecule has 0 saturated heterocycles. The molecule has 7 heteroatoms. The molecule has 0 aliphatic carbocycles. The smallest absolute Gasteiger partial charge is 0.262 e. The molecular weight excluding hydrogens is 324 g/mol. The number of benzene rings is 1. The largest absolute Gasteiger partial charge is 0.276 e. The minimum atomic E-state index is -3.70. The molecule has 124 valence electrons. The number of anilines is 1. The quantitative estimate of drug-likeness (QED) is 0.791. The van der Waals surface area contributed by atoms with Gasteiger partial charge < -0.3 is 0 Å². The number of pyridine rings is 1. The predicted molar refractivity (Wildman–Crippen MR) is 92.8 cm³/mol. The third-order valence-electron chi connectivity index (χ3n) is 3.57. The van der Waals surface area contributed by atoms with Crippen LogP contribution in [0, 0.1) is 20.8 Å². The van der Waals surface area contributed by atoms with Crippen LogP contribution in [0.4, 0.5) is 5.69 Å². The van der Waals surface area contributed by atoms with Crippen LogP contribution < -0.4 is 4.72 Å². The normalized spacial score (nSPS) is 11.5. The zero-order valence-corrected chi connectivity index (χ0v) is 14.5. The molecular formula is C17H18N4O2S. The monoisotopic (exact) mass is 342 g/mol. The Morgan fingerprint density at radius 2 is 1.75 bits per heavy atom. The van der Waals surface area contributed by atoms with E-state index >= 15 is 0 Å². The molecule has 1 N–H and O–H groups in total. The summed E-state index contributed by atoms with van der Waals surface area (Å²) in [7, 11) is -3.70. The van der Waals surface area contributed by atoms with E-state index in [1.165, 1.54) is 0 Å². The van der Waals surface area contributed by atoms with Crippen molar-refractivity contribution in [3.05, 3.63) is 65.6 Å². The highest BCUT2D eigenvalue weighted by Gasteiger charge is 2.18. The number of aromatic nitrogens is 3. The van der Waals surface area contributed by atoms with Crippen molar-refractivity contribution in [1.82, 2.24) is 14.8 Å². The molecule has 0 fully saturated rings. The molecule has 0 bridgehead atoms. The van der Waals surface area contributed by atoms with E-state index in [1.54, 1.807) is 47.3 Å². The van der Waals surface area contributed by atoms with Crippen LogP contribution in [0.15, 0.2) is 53.6 Å². The summed E-state index contributed by atoms with van der Waals surface area (Å²) < 4.78 is 29.5. The SMILES string of the molecule is Cc1ccc(S(=O)(=O)Nc2cccnc2-n2nc(C)cc2C)cc1. The van der Waals surface area contributed by atoms with Crippen LogP contribution in [0.3, 0.4) is 0 Å². The Hall–Kier alpha value is -2.67. The molecule has 3 aromatic rings. The molecule has 0 spiro atoms. The fourth-order valence-electron chi connectivity index (χ4n) is 2.41. The van der Waals surface area contributed by atoms with Gasteiger partial charge in [-0.15, -0.1) is 0 Å². The van der Waals surface area contributed by atoms with Gasteiger partial charge >= 0.3 is 0 Å². The van der Waals surface area contributed by atoms with E-state index in [0.29, 0.717) is 11.5 Å². The number of nitrogens with one attached hydrogen (secondary N) is 1. The molecule has 2 heterocycles. The van der Waals surface area contributed by atoms with Gasteiger partial charge in [-0.25, -0.2) is 18.1 Å². The maximum Gasteiger partial charge on any atom is 0.262 e. The lowest BCUT2D eigenvalue weighted by Crippen LogP contribution is -2.16. The predicted octanol–water partition coefficient (Wildman–Crippen LogP) is 2.99. The van der Waals surface area contributed by atoms with E-state index in [0.717, 1.165) is 17.0 Å². The summed E-state index contributed by atoms with van der Waals surface area (Å²) >= 11 is 0. The van der Waals surface area contributed by atoms with Crippen molar-refractivity contribution < 1.29 is 8.42 Å². The molecule has 0 aliphatic heterocycles. The van der Waals surface area contributed by atoms with E-state index in [4.69, 9.17) is 0 Å². The summed E-state index contributed by atoms with van der Waals surface area (Å²) in [6, 6.07) is 12.0.